The Morgan fingerprint density at radius 3 is 2.44 bits per heavy atom. The van der Waals surface area contributed by atoms with Crippen LogP contribution in [0.15, 0.2) is 24.3 Å². The SMILES string of the molecule is CCOc1n[nH]c(-c2ccc(C(F)(F)F)cc2)n1. The Labute approximate surface area is 101 Å². The molecule has 2 rings (SSSR count). The minimum absolute atomic E-state index is 0.174. The fourth-order valence-corrected chi connectivity index (χ4v) is 1.39. The molecule has 1 N–H and O–H groups in total. The minimum atomic E-state index is -4.34. The number of benzene rings is 1. The summed E-state index contributed by atoms with van der Waals surface area (Å²) >= 11 is 0. The maximum Gasteiger partial charge on any atom is 0.416 e. The third kappa shape index (κ3) is 2.61. The zero-order chi connectivity index (χ0) is 13.2. The van der Waals surface area contributed by atoms with Crippen LogP contribution in [-0.4, -0.2) is 21.8 Å². The van der Waals surface area contributed by atoms with Crippen molar-refractivity contribution in [3.63, 3.8) is 0 Å². The van der Waals surface area contributed by atoms with Crippen LogP contribution in [0.5, 0.6) is 6.01 Å². The van der Waals surface area contributed by atoms with Crippen molar-refractivity contribution in [2.24, 2.45) is 0 Å². The fourth-order valence-electron chi connectivity index (χ4n) is 1.39. The van der Waals surface area contributed by atoms with Crippen molar-refractivity contribution in [1.82, 2.24) is 15.2 Å². The van der Waals surface area contributed by atoms with E-state index in [1.807, 2.05) is 0 Å². The summed E-state index contributed by atoms with van der Waals surface area (Å²) in [4.78, 5) is 3.99. The largest absolute Gasteiger partial charge is 0.463 e. The molecule has 96 valence electrons. The van der Waals surface area contributed by atoms with E-state index in [9.17, 15) is 13.2 Å². The molecule has 1 heterocycles. The first-order chi connectivity index (χ1) is 8.50. The molecule has 2 aromatic rings. The summed E-state index contributed by atoms with van der Waals surface area (Å²) in [6.45, 7) is 2.21. The topological polar surface area (TPSA) is 50.8 Å². The highest BCUT2D eigenvalue weighted by Crippen LogP contribution is 2.30. The van der Waals surface area contributed by atoms with Gasteiger partial charge in [0.1, 0.15) is 0 Å². The van der Waals surface area contributed by atoms with Gasteiger partial charge in [-0.05, 0) is 19.1 Å². The van der Waals surface area contributed by atoms with Crippen LogP contribution in [0, 0.1) is 0 Å². The average molecular weight is 257 g/mol. The number of rotatable bonds is 3. The lowest BCUT2D eigenvalue weighted by Gasteiger charge is -2.06. The number of nitrogens with one attached hydrogen (secondary N) is 1. The average Bonchev–Trinajstić information content (AvgIpc) is 2.77. The number of aromatic amines is 1. The van der Waals surface area contributed by atoms with Gasteiger partial charge in [0.25, 0.3) is 0 Å². The Hall–Kier alpha value is -2.05. The predicted molar refractivity (Wildman–Crippen MR) is 58.0 cm³/mol. The molecule has 1 aromatic carbocycles. The van der Waals surface area contributed by atoms with Crippen LogP contribution in [0.25, 0.3) is 11.4 Å². The Bertz CT molecular complexity index is 519. The maximum absolute atomic E-state index is 12.4. The van der Waals surface area contributed by atoms with Crippen LogP contribution in [0.1, 0.15) is 12.5 Å². The molecule has 0 amide bonds. The van der Waals surface area contributed by atoms with Crippen molar-refractivity contribution in [3.8, 4) is 17.4 Å². The molecule has 18 heavy (non-hydrogen) atoms. The molecular weight excluding hydrogens is 247 g/mol. The number of H-pyrrole nitrogens is 1. The molecule has 0 fully saturated rings. The monoisotopic (exact) mass is 257 g/mol. The van der Waals surface area contributed by atoms with Gasteiger partial charge in [0.2, 0.25) is 0 Å². The Balaban J connectivity index is 2.23. The highest BCUT2D eigenvalue weighted by Gasteiger charge is 2.30. The highest BCUT2D eigenvalue weighted by molar-refractivity contribution is 5.55. The summed E-state index contributed by atoms with van der Waals surface area (Å²) in [5, 5.41) is 6.37. The molecule has 0 aliphatic heterocycles. The standard InChI is InChI=1S/C11H10F3N3O/c1-2-18-10-15-9(16-17-10)7-3-5-8(6-4-7)11(12,13)14/h3-6H,2H2,1H3,(H,15,16,17). The first-order valence-corrected chi connectivity index (χ1v) is 5.23. The normalized spacial score (nSPS) is 11.6. The van der Waals surface area contributed by atoms with E-state index in [0.29, 0.717) is 18.0 Å². The van der Waals surface area contributed by atoms with Crippen LogP contribution in [0.2, 0.25) is 0 Å². The van der Waals surface area contributed by atoms with Gasteiger partial charge in [-0.15, -0.1) is 5.10 Å². The number of halogens is 3. The second-order valence-electron chi connectivity index (χ2n) is 3.47. The lowest BCUT2D eigenvalue weighted by Crippen LogP contribution is -2.04. The van der Waals surface area contributed by atoms with Gasteiger partial charge in [-0.3, -0.25) is 5.10 Å². The summed E-state index contributed by atoms with van der Waals surface area (Å²) in [5.41, 5.74) is -0.183. The van der Waals surface area contributed by atoms with Crippen molar-refractivity contribution in [3.05, 3.63) is 29.8 Å². The van der Waals surface area contributed by atoms with E-state index >= 15 is 0 Å². The molecule has 0 bridgehead atoms. The quantitative estimate of drug-likeness (QED) is 0.919. The Kier molecular flexibility index (Phi) is 3.22. The van der Waals surface area contributed by atoms with Crippen LogP contribution in [-0.2, 0) is 6.18 Å². The summed E-state index contributed by atoms with van der Waals surface area (Å²) in [6, 6.07) is 4.83. The van der Waals surface area contributed by atoms with E-state index in [0.717, 1.165) is 12.1 Å². The fraction of sp³-hybridized carbons (Fsp3) is 0.273. The Morgan fingerprint density at radius 2 is 1.89 bits per heavy atom. The number of alkyl halides is 3. The number of aromatic nitrogens is 3. The van der Waals surface area contributed by atoms with E-state index in [1.165, 1.54) is 12.1 Å². The van der Waals surface area contributed by atoms with Gasteiger partial charge in [0, 0.05) is 5.56 Å². The van der Waals surface area contributed by atoms with Gasteiger partial charge in [-0.25, -0.2) is 0 Å². The molecule has 0 aliphatic carbocycles. The molecule has 0 aliphatic rings. The van der Waals surface area contributed by atoms with Gasteiger partial charge in [-0.2, -0.15) is 18.2 Å². The number of hydrogen-bond donors (Lipinski definition) is 1. The van der Waals surface area contributed by atoms with Crippen LogP contribution in [0.4, 0.5) is 13.2 Å². The third-order valence-corrected chi connectivity index (χ3v) is 2.22. The van der Waals surface area contributed by atoms with Gasteiger partial charge >= 0.3 is 12.2 Å². The molecule has 4 nitrogen and oxygen atoms in total. The van der Waals surface area contributed by atoms with E-state index in [-0.39, 0.29) is 6.01 Å². The number of nitrogens with zero attached hydrogens (tertiary/aromatic N) is 2. The van der Waals surface area contributed by atoms with Crippen molar-refractivity contribution in [1.29, 1.82) is 0 Å². The second-order valence-corrected chi connectivity index (χ2v) is 3.47. The van der Waals surface area contributed by atoms with Crippen LogP contribution >= 0.6 is 0 Å². The van der Waals surface area contributed by atoms with E-state index in [2.05, 4.69) is 15.2 Å². The van der Waals surface area contributed by atoms with Gasteiger partial charge < -0.3 is 4.74 Å². The van der Waals surface area contributed by atoms with Crippen molar-refractivity contribution in [2.75, 3.05) is 6.61 Å². The van der Waals surface area contributed by atoms with E-state index in [4.69, 9.17) is 4.74 Å². The van der Waals surface area contributed by atoms with Gasteiger partial charge in [0.05, 0.1) is 12.2 Å². The molecule has 0 unspecified atom stereocenters. The van der Waals surface area contributed by atoms with Gasteiger partial charge in [0.15, 0.2) is 5.82 Å². The lowest BCUT2D eigenvalue weighted by atomic mass is 10.1. The molecule has 0 saturated carbocycles. The number of hydrogen-bond acceptors (Lipinski definition) is 3. The molecule has 1 aromatic heterocycles. The van der Waals surface area contributed by atoms with Crippen molar-refractivity contribution < 1.29 is 17.9 Å². The Morgan fingerprint density at radius 1 is 1.22 bits per heavy atom. The van der Waals surface area contributed by atoms with E-state index < -0.39 is 11.7 Å². The highest BCUT2D eigenvalue weighted by atomic mass is 19.4. The van der Waals surface area contributed by atoms with Crippen LogP contribution in [0.3, 0.4) is 0 Å². The minimum Gasteiger partial charge on any atom is -0.463 e. The summed E-state index contributed by atoms with van der Waals surface area (Å²) in [7, 11) is 0. The molecular formula is C11H10F3N3O. The third-order valence-electron chi connectivity index (χ3n) is 2.22. The maximum atomic E-state index is 12.4. The molecule has 0 spiro atoms. The van der Waals surface area contributed by atoms with Crippen molar-refractivity contribution >= 4 is 0 Å². The molecule has 0 atom stereocenters. The molecule has 0 radical (unpaired) electrons. The lowest BCUT2D eigenvalue weighted by molar-refractivity contribution is -0.137. The number of ether oxygens (including phenoxy) is 1. The van der Waals surface area contributed by atoms with E-state index in [1.54, 1.807) is 6.92 Å². The summed E-state index contributed by atoms with van der Waals surface area (Å²) < 4.78 is 42.2. The molecule has 7 heteroatoms. The summed E-state index contributed by atoms with van der Waals surface area (Å²) in [5.74, 6) is 0.368. The van der Waals surface area contributed by atoms with Gasteiger partial charge in [-0.1, -0.05) is 12.1 Å². The zero-order valence-corrected chi connectivity index (χ0v) is 9.45. The van der Waals surface area contributed by atoms with Crippen molar-refractivity contribution in [2.45, 2.75) is 13.1 Å². The first kappa shape index (κ1) is 12.4. The second kappa shape index (κ2) is 4.67. The summed E-state index contributed by atoms with van der Waals surface area (Å²) in [6.07, 6.45) is -4.34. The van der Waals surface area contributed by atoms with Crippen LogP contribution < -0.4 is 4.74 Å². The predicted octanol–water partition coefficient (Wildman–Crippen LogP) is 2.89. The smallest absolute Gasteiger partial charge is 0.416 e. The molecule has 0 saturated heterocycles. The zero-order valence-electron chi connectivity index (χ0n) is 9.45. The first-order valence-electron chi connectivity index (χ1n) is 5.23.